The molecule has 8 heteroatoms. The zero-order valence-corrected chi connectivity index (χ0v) is 14.5. The summed E-state index contributed by atoms with van der Waals surface area (Å²) in [7, 11) is 0. The molecule has 0 radical (unpaired) electrons. The molecule has 7 nitrogen and oxygen atoms in total. The molecule has 1 N–H and O–H groups in total. The molecule has 4 rings (SSSR count). The van der Waals surface area contributed by atoms with E-state index < -0.39 is 0 Å². The van der Waals surface area contributed by atoms with Gasteiger partial charge in [-0.2, -0.15) is 14.6 Å². The Bertz CT molecular complexity index is 784. The van der Waals surface area contributed by atoms with Crippen molar-refractivity contribution in [2.24, 2.45) is 0 Å². The van der Waals surface area contributed by atoms with E-state index >= 15 is 0 Å². The lowest BCUT2D eigenvalue weighted by molar-refractivity contribution is 0.126. The number of aromatic nitrogens is 3. The fraction of sp³-hybridized carbons (Fsp3) is 0.500. The van der Waals surface area contributed by atoms with Gasteiger partial charge in [0.1, 0.15) is 10.8 Å². The van der Waals surface area contributed by atoms with Crippen molar-refractivity contribution in [1.29, 1.82) is 5.26 Å². The zero-order chi connectivity index (χ0) is 16.7. The molecule has 2 atom stereocenters. The van der Waals surface area contributed by atoms with Crippen LogP contribution in [0.15, 0.2) is 12.3 Å². The third-order valence-electron chi connectivity index (χ3n) is 4.62. The second-order valence-corrected chi connectivity index (χ2v) is 7.27. The van der Waals surface area contributed by atoms with Gasteiger partial charge in [0.2, 0.25) is 5.95 Å². The normalized spacial score (nSPS) is 22.8. The minimum Gasteiger partial charge on any atom is -0.348 e. The van der Waals surface area contributed by atoms with E-state index in [2.05, 4.69) is 37.5 Å². The van der Waals surface area contributed by atoms with Crippen LogP contribution in [0.25, 0.3) is 0 Å². The minimum absolute atomic E-state index is 0.448. The maximum Gasteiger partial charge on any atom is 0.229 e. The fourth-order valence-electron chi connectivity index (χ4n) is 3.56. The zero-order valence-electron chi connectivity index (χ0n) is 13.7. The summed E-state index contributed by atoms with van der Waals surface area (Å²) in [5, 5.41) is 13.1. The molecule has 0 saturated carbocycles. The second kappa shape index (κ2) is 6.00. The molecule has 0 spiro atoms. The number of hydrogen-bond acceptors (Lipinski definition) is 8. The van der Waals surface area contributed by atoms with Crippen molar-refractivity contribution in [3.05, 3.63) is 23.5 Å². The van der Waals surface area contributed by atoms with E-state index in [1.54, 1.807) is 0 Å². The molecule has 2 bridgehead atoms. The van der Waals surface area contributed by atoms with Gasteiger partial charge in [-0.1, -0.05) is 0 Å². The van der Waals surface area contributed by atoms with Crippen LogP contribution >= 0.6 is 11.5 Å². The number of aryl methyl sites for hydroxylation is 2. The summed E-state index contributed by atoms with van der Waals surface area (Å²) in [6, 6.07) is 5.14. The third-order valence-corrected chi connectivity index (χ3v) is 5.41. The van der Waals surface area contributed by atoms with Crippen LogP contribution in [0.5, 0.6) is 0 Å². The van der Waals surface area contributed by atoms with Crippen molar-refractivity contribution < 1.29 is 0 Å². The van der Waals surface area contributed by atoms with E-state index in [9.17, 15) is 0 Å². The summed E-state index contributed by atoms with van der Waals surface area (Å²) in [6.45, 7) is 6.41. The Balaban J connectivity index is 1.54. The number of nitriles is 1. The summed E-state index contributed by atoms with van der Waals surface area (Å²) in [5.74, 6) is 1.62. The average Bonchev–Trinajstić information content (AvgIpc) is 2.96. The first-order valence-electron chi connectivity index (χ1n) is 8.05. The Morgan fingerprint density at radius 3 is 2.83 bits per heavy atom. The molecule has 2 aliphatic heterocycles. The first-order chi connectivity index (χ1) is 11.6. The van der Waals surface area contributed by atoms with Gasteiger partial charge in [-0.05, 0) is 37.9 Å². The topological polar surface area (TPSA) is 81.0 Å². The molecule has 2 saturated heterocycles. The van der Waals surface area contributed by atoms with E-state index in [4.69, 9.17) is 10.2 Å². The van der Waals surface area contributed by atoms with Crippen LogP contribution in [0.1, 0.15) is 17.7 Å². The highest BCUT2D eigenvalue weighted by molar-refractivity contribution is 7.10. The Labute approximate surface area is 145 Å². The van der Waals surface area contributed by atoms with Gasteiger partial charge in [-0.3, -0.25) is 4.90 Å². The van der Waals surface area contributed by atoms with E-state index in [1.807, 2.05) is 19.2 Å². The van der Waals surface area contributed by atoms with Gasteiger partial charge < -0.3 is 10.2 Å². The second-order valence-electron chi connectivity index (χ2n) is 6.46. The van der Waals surface area contributed by atoms with Crippen LogP contribution in [0.4, 0.5) is 16.8 Å². The molecule has 0 aliphatic carbocycles. The van der Waals surface area contributed by atoms with Crippen molar-refractivity contribution in [3.8, 4) is 6.07 Å². The first-order valence-corrected chi connectivity index (χ1v) is 8.83. The molecule has 2 unspecified atom stereocenters. The van der Waals surface area contributed by atoms with Gasteiger partial charge in [-0.25, -0.2) is 4.98 Å². The summed E-state index contributed by atoms with van der Waals surface area (Å²) >= 11 is 1.41. The van der Waals surface area contributed by atoms with Crippen molar-refractivity contribution in [1.82, 2.24) is 19.2 Å². The predicted molar refractivity (Wildman–Crippen MR) is 93.6 cm³/mol. The number of rotatable bonds is 4. The number of piperazine rings is 1. The highest BCUT2D eigenvalue weighted by Gasteiger charge is 2.45. The highest BCUT2D eigenvalue weighted by atomic mass is 32.1. The monoisotopic (exact) mass is 341 g/mol. The van der Waals surface area contributed by atoms with Crippen LogP contribution in [-0.4, -0.2) is 51.0 Å². The third kappa shape index (κ3) is 2.70. The molecule has 4 heterocycles. The molecule has 2 aromatic rings. The van der Waals surface area contributed by atoms with Crippen molar-refractivity contribution in [2.45, 2.75) is 32.4 Å². The predicted octanol–water partition coefficient (Wildman–Crippen LogP) is 2.08. The molecule has 0 aromatic carbocycles. The molecule has 2 fully saturated rings. The Kier molecular flexibility index (Phi) is 3.82. The molecule has 24 heavy (non-hydrogen) atoms. The van der Waals surface area contributed by atoms with E-state index in [0.29, 0.717) is 24.6 Å². The minimum atomic E-state index is 0.448. The number of likely N-dealkylation sites (tertiary alicyclic amines) is 1. The van der Waals surface area contributed by atoms with Gasteiger partial charge in [0.15, 0.2) is 0 Å². The number of anilines is 3. The summed E-state index contributed by atoms with van der Waals surface area (Å²) in [5.41, 5.74) is 2.08. The van der Waals surface area contributed by atoms with E-state index in [1.165, 1.54) is 18.0 Å². The maximum atomic E-state index is 8.89. The van der Waals surface area contributed by atoms with Crippen LogP contribution in [0.2, 0.25) is 0 Å². The SMILES string of the molecule is Cc1cc(Nc2ncc(C)c(N3C4CC3CN(CC#N)C4)n2)sn1. The van der Waals surface area contributed by atoms with Gasteiger partial charge in [0.25, 0.3) is 0 Å². The smallest absolute Gasteiger partial charge is 0.229 e. The lowest BCUT2D eigenvalue weighted by Crippen LogP contribution is -2.69. The Morgan fingerprint density at radius 2 is 2.17 bits per heavy atom. The van der Waals surface area contributed by atoms with Gasteiger partial charge in [0.05, 0.1) is 18.3 Å². The molecule has 2 aromatic heterocycles. The maximum absolute atomic E-state index is 8.89. The quantitative estimate of drug-likeness (QED) is 0.853. The number of hydrogen-bond donors (Lipinski definition) is 1. The number of fused-ring (bicyclic) bond motifs is 2. The lowest BCUT2D eigenvalue weighted by Gasteiger charge is -2.57. The van der Waals surface area contributed by atoms with E-state index in [0.717, 1.165) is 35.2 Å². The van der Waals surface area contributed by atoms with Crippen molar-refractivity contribution in [2.75, 3.05) is 29.9 Å². The molecule has 124 valence electrons. The molecular weight excluding hydrogens is 322 g/mol. The number of piperidine rings is 1. The fourth-order valence-corrected chi connectivity index (χ4v) is 4.21. The lowest BCUT2D eigenvalue weighted by atomic mass is 9.87. The number of nitrogens with one attached hydrogen (secondary N) is 1. The van der Waals surface area contributed by atoms with E-state index in [-0.39, 0.29) is 0 Å². The molecule has 0 amide bonds. The average molecular weight is 341 g/mol. The molecule has 2 aliphatic rings. The Morgan fingerprint density at radius 1 is 1.38 bits per heavy atom. The van der Waals surface area contributed by atoms with Crippen LogP contribution in [-0.2, 0) is 0 Å². The summed E-state index contributed by atoms with van der Waals surface area (Å²) in [6.07, 6.45) is 3.06. The highest BCUT2D eigenvalue weighted by Crippen LogP contribution is 2.37. The van der Waals surface area contributed by atoms with Crippen LogP contribution in [0, 0.1) is 25.2 Å². The van der Waals surface area contributed by atoms with Gasteiger partial charge >= 0.3 is 0 Å². The van der Waals surface area contributed by atoms with Crippen LogP contribution in [0.3, 0.4) is 0 Å². The molecular formula is C16H19N7S. The summed E-state index contributed by atoms with van der Waals surface area (Å²) < 4.78 is 4.27. The largest absolute Gasteiger partial charge is 0.348 e. The van der Waals surface area contributed by atoms with Crippen LogP contribution < -0.4 is 10.2 Å². The van der Waals surface area contributed by atoms with Gasteiger partial charge in [-0.15, -0.1) is 0 Å². The number of nitrogens with zero attached hydrogens (tertiary/aromatic N) is 6. The Hall–Kier alpha value is -2.24. The first kappa shape index (κ1) is 15.3. The standard InChI is InChI=1S/C16H19N7S/c1-10-7-18-16(19-14-5-11(2)21-24-14)20-15(10)23-12-6-13(23)9-22(8-12)4-3-17/h5,7,12-13H,4,6,8-9H2,1-2H3,(H,18,19,20). The van der Waals surface area contributed by atoms with Crippen molar-refractivity contribution >= 4 is 28.3 Å². The summed E-state index contributed by atoms with van der Waals surface area (Å²) in [4.78, 5) is 13.8. The van der Waals surface area contributed by atoms with Gasteiger partial charge in [0, 0.05) is 36.9 Å². The van der Waals surface area contributed by atoms with Crippen molar-refractivity contribution in [3.63, 3.8) is 0 Å².